The van der Waals surface area contributed by atoms with Crippen molar-refractivity contribution in [1.82, 2.24) is 50.1 Å². The molecule has 2 aromatic heterocycles. The molecule has 0 aliphatic carbocycles. The molecule has 0 radical (unpaired) electrons. The highest BCUT2D eigenvalue weighted by Gasteiger charge is 2.39. The number of aryl methyl sites for hydroxylation is 2. The van der Waals surface area contributed by atoms with Gasteiger partial charge in [0.15, 0.2) is 0 Å². The molecule has 368 valence electrons. The average molecular weight is 961 g/mol. The van der Waals surface area contributed by atoms with Crippen LogP contribution in [0.15, 0.2) is 36.4 Å². The van der Waals surface area contributed by atoms with Crippen LogP contribution in [0.25, 0.3) is 0 Å². The average Bonchev–Trinajstić information content (AvgIpc) is 3.72. The zero-order valence-electron chi connectivity index (χ0n) is 38.3. The van der Waals surface area contributed by atoms with Crippen LogP contribution in [0.3, 0.4) is 0 Å². The highest BCUT2D eigenvalue weighted by atomic mass is 19.3. The molecule has 0 saturated heterocycles. The van der Waals surface area contributed by atoms with Crippen LogP contribution in [0.2, 0.25) is 0 Å². The lowest BCUT2D eigenvalue weighted by atomic mass is 9.99. The van der Waals surface area contributed by atoms with Crippen molar-refractivity contribution in [3.63, 3.8) is 0 Å². The Balaban J connectivity index is 0.000000201. The molecule has 0 bridgehead atoms. The van der Waals surface area contributed by atoms with Crippen molar-refractivity contribution < 1.29 is 55.2 Å². The Kier molecular flexibility index (Phi) is 15.3. The summed E-state index contributed by atoms with van der Waals surface area (Å²) in [6.07, 6.45) is -5.25. The minimum atomic E-state index is -2.49. The predicted octanol–water partition coefficient (Wildman–Crippen LogP) is 5.10. The third kappa shape index (κ3) is 11.2. The Morgan fingerprint density at radius 3 is 1.41 bits per heavy atom. The van der Waals surface area contributed by atoms with E-state index in [0.717, 1.165) is 10.1 Å². The molecule has 18 nitrogen and oxygen atoms in total. The molecule has 4 aromatic rings. The van der Waals surface area contributed by atoms with Crippen molar-refractivity contribution in [1.29, 1.82) is 0 Å². The number of carbonyl (C=O) groups is 4. The second-order valence-electron chi connectivity index (χ2n) is 17.2. The number of benzene rings is 2. The second-order valence-corrected chi connectivity index (χ2v) is 17.2. The molecule has 2 aromatic carbocycles. The molecule has 68 heavy (non-hydrogen) atoms. The van der Waals surface area contributed by atoms with Crippen molar-refractivity contribution in [2.24, 2.45) is 0 Å². The first-order chi connectivity index (χ1) is 32.3. The molecule has 0 saturated carbocycles. The number of alkyl halides is 4. The van der Waals surface area contributed by atoms with Crippen LogP contribution >= 0.6 is 0 Å². The molecule has 24 heteroatoms. The van der Waals surface area contributed by atoms with Gasteiger partial charge in [-0.25, -0.2) is 46.1 Å². The summed E-state index contributed by atoms with van der Waals surface area (Å²) in [5.41, 5.74) is 5.10. The van der Waals surface area contributed by atoms with Gasteiger partial charge in [0.2, 0.25) is 0 Å². The van der Waals surface area contributed by atoms with Crippen LogP contribution in [-0.4, -0.2) is 141 Å². The summed E-state index contributed by atoms with van der Waals surface area (Å²) in [6, 6.07) is 7.54. The van der Waals surface area contributed by atoms with Crippen molar-refractivity contribution in [2.45, 2.75) is 104 Å². The minimum absolute atomic E-state index is 0.119. The van der Waals surface area contributed by atoms with Gasteiger partial charge >= 0.3 is 12.1 Å². The van der Waals surface area contributed by atoms with Crippen LogP contribution in [0.1, 0.15) is 68.5 Å². The summed E-state index contributed by atoms with van der Waals surface area (Å²) in [6.45, 7) is 7.00. The quantitative estimate of drug-likeness (QED) is 0.156. The molecule has 8 rings (SSSR count). The SMILES string of the molecule is Cc1cc(NC(=O)N2Cc3c(nn4c3C(=O)N(C)O[C@@H](CNCC(F)F)C4)C[C@H]2C)ccc1F.Cc1cc(NC(=O)N2Cc3c(nn4c3C(=O)N(C)O[C@H](CNCC(F)F)C4)C[C@H]2C)ccc1F. The van der Waals surface area contributed by atoms with Gasteiger partial charge in [-0.3, -0.25) is 28.6 Å². The minimum Gasteiger partial charge on any atom is -0.317 e. The first-order valence-electron chi connectivity index (χ1n) is 22.0. The maximum absolute atomic E-state index is 13.6. The molecule has 6 amide bonds. The number of rotatable bonds is 10. The van der Waals surface area contributed by atoms with E-state index in [1.807, 2.05) is 13.8 Å². The standard InChI is InChI=1S/2C22H27F3N6O3/c2*1-12-6-14(4-5-17(12)23)27-22(33)30-11-16-18(7-13(30)2)28-31-10-15(8-26-9-19(24)25)34-29(3)21(32)20(16)31/h2*4-6,13,15,19,26H,7-11H2,1-3H3,(H,27,33)/t13-,15+;13-,15-/m11/s1. The van der Waals surface area contributed by atoms with Crippen LogP contribution in [0, 0.1) is 25.5 Å². The Morgan fingerprint density at radius 2 is 1.06 bits per heavy atom. The third-order valence-electron chi connectivity index (χ3n) is 12.0. The van der Waals surface area contributed by atoms with E-state index in [2.05, 4.69) is 31.5 Å². The van der Waals surface area contributed by atoms with Crippen molar-refractivity contribution >= 4 is 35.3 Å². The van der Waals surface area contributed by atoms with E-state index in [9.17, 15) is 45.5 Å². The number of amides is 6. The van der Waals surface area contributed by atoms with E-state index in [1.165, 1.54) is 38.4 Å². The Bertz CT molecular complexity index is 2350. The summed E-state index contributed by atoms with van der Waals surface area (Å²) in [5, 5.41) is 22.2. The fourth-order valence-electron chi connectivity index (χ4n) is 8.52. The molecule has 4 atom stereocenters. The first-order valence-corrected chi connectivity index (χ1v) is 22.0. The number of urea groups is 2. The lowest BCUT2D eigenvalue weighted by Crippen LogP contribution is -2.45. The van der Waals surface area contributed by atoms with E-state index in [4.69, 9.17) is 9.68 Å². The number of aromatic nitrogens is 4. The molecule has 0 unspecified atom stereocenters. The summed E-state index contributed by atoms with van der Waals surface area (Å²) in [5.74, 6) is -1.56. The molecular weight excluding hydrogens is 907 g/mol. The molecule has 6 heterocycles. The summed E-state index contributed by atoms with van der Waals surface area (Å²) in [4.78, 5) is 66.6. The number of anilines is 2. The van der Waals surface area contributed by atoms with Gasteiger partial charge in [-0.2, -0.15) is 10.2 Å². The number of halogens is 6. The maximum Gasteiger partial charge on any atom is 0.322 e. The number of carbonyl (C=O) groups excluding carboxylic acids is 4. The highest BCUT2D eigenvalue weighted by Crippen LogP contribution is 2.31. The van der Waals surface area contributed by atoms with E-state index in [-0.39, 0.29) is 75.0 Å². The van der Waals surface area contributed by atoms with Gasteiger partial charge in [-0.1, -0.05) is 0 Å². The van der Waals surface area contributed by atoms with Crippen molar-refractivity contribution in [3.8, 4) is 0 Å². The second kappa shape index (κ2) is 21.0. The normalized spacial score (nSPS) is 20.3. The summed E-state index contributed by atoms with van der Waals surface area (Å²) >= 11 is 0. The zero-order chi connectivity index (χ0) is 49.1. The van der Waals surface area contributed by atoms with Gasteiger partial charge < -0.3 is 31.1 Å². The number of hydrogen-bond donors (Lipinski definition) is 4. The number of hydroxylamine groups is 4. The summed E-state index contributed by atoms with van der Waals surface area (Å²) < 4.78 is 80.1. The maximum atomic E-state index is 13.6. The molecule has 0 fully saturated rings. The van der Waals surface area contributed by atoms with Crippen LogP contribution in [0.4, 0.5) is 47.3 Å². The Labute approximate surface area is 387 Å². The monoisotopic (exact) mass is 960 g/mol. The lowest BCUT2D eigenvalue weighted by Gasteiger charge is -2.33. The number of nitrogens with one attached hydrogen (secondary N) is 4. The van der Waals surface area contributed by atoms with Gasteiger partial charge in [0.1, 0.15) is 35.2 Å². The van der Waals surface area contributed by atoms with E-state index in [0.29, 0.717) is 69.2 Å². The smallest absolute Gasteiger partial charge is 0.317 e. The third-order valence-corrected chi connectivity index (χ3v) is 12.0. The van der Waals surface area contributed by atoms with Gasteiger partial charge in [0.25, 0.3) is 24.7 Å². The molecule has 4 N–H and O–H groups in total. The topological polar surface area (TPSA) is 183 Å². The van der Waals surface area contributed by atoms with Gasteiger partial charge in [-0.05, 0) is 75.2 Å². The van der Waals surface area contributed by atoms with E-state index in [1.54, 1.807) is 45.1 Å². The van der Waals surface area contributed by atoms with Gasteiger partial charge in [-0.15, -0.1) is 0 Å². The molecule has 0 spiro atoms. The van der Waals surface area contributed by atoms with Gasteiger partial charge in [0, 0.05) is 74.6 Å². The molecule has 4 aliphatic rings. The fourth-order valence-corrected chi connectivity index (χ4v) is 8.52. The van der Waals surface area contributed by atoms with E-state index >= 15 is 0 Å². The van der Waals surface area contributed by atoms with Crippen LogP contribution < -0.4 is 21.3 Å². The van der Waals surface area contributed by atoms with Crippen molar-refractivity contribution in [3.05, 3.63) is 93.1 Å². The number of fused-ring (bicyclic) bond motifs is 6. The largest absolute Gasteiger partial charge is 0.322 e. The Morgan fingerprint density at radius 1 is 0.676 bits per heavy atom. The lowest BCUT2D eigenvalue weighted by molar-refractivity contribution is -0.146. The number of nitrogens with zero attached hydrogens (tertiary/aromatic N) is 8. The van der Waals surface area contributed by atoms with Crippen molar-refractivity contribution in [2.75, 3.05) is 50.9 Å². The molecular formula is C44H54F6N12O6. The highest BCUT2D eigenvalue weighted by molar-refractivity contribution is 5.95. The first kappa shape index (κ1) is 49.7. The predicted molar refractivity (Wildman–Crippen MR) is 234 cm³/mol. The van der Waals surface area contributed by atoms with E-state index < -0.39 is 50.0 Å². The Hall–Kier alpha value is -6.24. The fraction of sp³-hybridized carbons (Fsp3) is 0.500. The zero-order valence-corrected chi connectivity index (χ0v) is 38.3. The molecule has 4 aliphatic heterocycles. The van der Waals surface area contributed by atoms with Crippen LogP contribution in [-0.2, 0) is 48.7 Å². The van der Waals surface area contributed by atoms with Crippen LogP contribution in [0.5, 0.6) is 0 Å². The summed E-state index contributed by atoms with van der Waals surface area (Å²) in [7, 11) is 2.93. The van der Waals surface area contributed by atoms with Gasteiger partial charge in [0.05, 0.1) is 50.7 Å². The number of hydrogen-bond acceptors (Lipinski definition) is 10.